The van der Waals surface area contributed by atoms with Crippen LogP contribution in [-0.4, -0.2) is 11.1 Å². The van der Waals surface area contributed by atoms with Crippen LogP contribution >= 0.6 is 27.5 Å². The van der Waals surface area contributed by atoms with Crippen molar-refractivity contribution in [2.24, 2.45) is 5.73 Å². The third-order valence-corrected chi connectivity index (χ3v) is 3.11. The number of carbonyl (C=O) groups is 1. The minimum atomic E-state index is -1.05. The van der Waals surface area contributed by atoms with Crippen LogP contribution in [0, 0.1) is 6.92 Å². The van der Waals surface area contributed by atoms with Gasteiger partial charge in [-0.25, -0.2) is 0 Å². The van der Waals surface area contributed by atoms with E-state index < -0.39 is 12.0 Å². The summed E-state index contributed by atoms with van der Waals surface area (Å²) in [6.45, 7) is 1.77. The van der Waals surface area contributed by atoms with Crippen LogP contribution in [0.15, 0.2) is 16.6 Å². The largest absolute Gasteiger partial charge is 0.480 e. The van der Waals surface area contributed by atoms with Crippen LogP contribution in [-0.2, 0) is 4.79 Å². The quantitative estimate of drug-likeness (QED) is 0.873. The fraction of sp³-hybridized carbons (Fsp3) is 0.222. The molecule has 0 heterocycles. The summed E-state index contributed by atoms with van der Waals surface area (Å²) in [5, 5.41) is 9.29. The summed E-state index contributed by atoms with van der Waals surface area (Å²) in [4.78, 5) is 10.7. The van der Waals surface area contributed by atoms with Gasteiger partial charge < -0.3 is 10.8 Å². The van der Waals surface area contributed by atoms with E-state index >= 15 is 0 Å². The molecule has 0 aliphatic carbocycles. The number of carboxylic acids is 1. The third kappa shape index (κ3) is 2.26. The Hall–Kier alpha value is -0.580. The van der Waals surface area contributed by atoms with Gasteiger partial charge in [0.15, 0.2) is 0 Å². The average molecular weight is 279 g/mol. The van der Waals surface area contributed by atoms with Crippen molar-refractivity contribution in [3.63, 3.8) is 0 Å². The van der Waals surface area contributed by atoms with Crippen LogP contribution in [0.1, 0.15) is 17.2 Å². The average Bonchev–Trinajstić information content (AvgIpc) is 2.10. The molecule has 0 fully saturated rings. The SMILES string of the molecule is Cc1cc(Cl)c(Br)cc1C(N)C(=O)O. The second-order valence-corrected chi connectivity index (χ2v) is 4.20. The molecule has 0 amide bonds. The van der Waals surface area contributed by atoms with E-state index in [1.807, 2.05) is 0 Å². The lowest BCUT2D eigenvalue weighted by Gasteiger charge is -2.11. The second-order valence-electron chi connectivity index (χ2n) is 2.94. The molecule has 0 aliphatic heterocycles. The Balaban J connectivity index is 3.22. The topological polar surface area (TPSA) is 63.3 Å². The van der Waals surface area contributed by atoms with E-state index in [2.05, 4.69) is 15.9 Å². The molecule has 0 saturated carbocycles. The zero-order valence-electron chi connectivity index (χ0n) is 7.42. The van der Waals surface area contributed by atoms with E-state index in [9.17, 15) is 4.79 Å². The van der Waals surface area contributed by atoms with Crippen molar-refractivity contribution in [1.82, 2.24) is 0 Å². The summed E-state index contributed by atoms with van der Waals surface area (Å²) >= 11 is 9.05. The van der Waals surface area contributed by atoms with Gasteiger partial charge >= 0.3 is 5.97 Å². The van der Waals surface area contributed by atoms with Gasteiger partial charge in [-0.15, -0.1) is 0 Å². The first-order valence-electron chi connectivity index (χ1n) is 3.87. The van der Waals surface area contributed by atoms with Gasteiger partial charge in [0.25, 0.3) is 0 Å². The molecule has 0 bridgehead atoms. The molecule has 0 spiro atoms. The minimum Gasteiger partial charge on any atom is -0.480 e. The van der Waals surface area contributed by atoms with E-state index in [4.69, 9.17) is 22.4 Å². The van der Waals surface area contributed by atoms with Crippen LogP contribution in [0.3, 0.4) is 0 Å². The Morgan fingerprint density at radius 3 is 2.71 bits per heavy atom. The van der Waals surface area contributed by atoms with Crippen LogP contribution in [0.5, 0.6) is 0 Å². The molecule has 1 aromatic carbocycles. The lowest BCUT2D eigenvalue weighted by atomic mass is 10.0. The number of halogens is 2. The molecule has 1 atom stereocenters. The van der Waals surface area contributed by atoms with Crippen molar-refractivity contribution >= 4 is 33.5 Å². The first kappa shape index (κ1) is 11.5. The van der Waals surface area contributed by atoms with Gasteiger partial charge in [0.2, 0.25) is 0 Å². The predicted octanol–water partition coefficient (Wildman–Crippen LogP) is 2.50. The van der Waals surface area contributed by atoms with Gasteiger partial charge in [-0.05, 0) is 46.1 Å². The molecule has 1 rings (SSSR count). The maximum atomic E-state index is 10.7. The summed E-state index contributed by atoms with van der Waals surface area (Å²) in [6, 6.07) is 2.31. The fourth-order valence-electron chi connectivity index (χ4n) is 1.13. The number of hydrogen-bond acceptors (Lipinski definition) is 2. The molecule has 3 N–H and O–H groups in total. The summed E-state index contributed by atoms with van der Waals surface area (Å²) in [5.41, 5.74) is 6.83. The molecule has 14 heavy (non-hydrogen) atoms. The van der Waals surface area contributed by atoms with Crippen molar-refractivity contribution in [3.05, 3.63) is 32.8 Å². The van der Waals surface area contributed by atoms with Gasteiger partial charge in [-0.3, -0.25) is 4.79 Å². The van der Waals surface area contributed by atoms with Crippen LogP contribution < -0.4 is 5.73 Å². The molecule has 0 radical (unpaired) electrons. The molecular formula is C9H9BrClNO2. The summed E-state index contributed by atoms with van der Waals surface area (Å²) < 4.78 is 0.650. The molecule has 0 aromatic heterocycles. The van der Waals surface area contributed by atoms with Crippen LogP contribution in [0.4, 0.5) is 0 Å². The Morgan fingerprint density at radius 2 is 2.21 bits per heavy atom. The highest BCUT2D eigenvalue weighted by molar-refractivity contribution is 9.10. The van der Waals surface area contributed by atoms with Crippen LogP contribution in [0.2, 0.25) is 5.02 Å². The Morgan fingerprint density at radius 1 is 1.64 bits per heavy atom. The first-order valence-corrected chi connectivity index (χ1v) is 5.04. The highest BCUT2D eigenvalue weighted by Gasteiger charge is 2.17. The molecule has 5 heteroatoms. The van der Waals surface area contributed by atoms with E-state index in [0.717, 1.165) is 5.56 Å². The van der Waals surface area contributed by atoms with E-state index in [-0.39, 0.29) is 0 Å². The number of carboxylic acid groups (broad SMARTS) is 1. The number of nitrogens with two attached hydrogens (primary N) is 1. The number of aryl methyl sites for hydroxylation is 1. The Labute approximate surface area is 95.0 Å². The molecule has 3 nitrogen and oxygen atoms in total. The highest BCUT2D eigenvalue weighted by atomic mass is 79.9. The summed E-state index contributed by atoms with van der Waals surface area (Å²) in [5.74, 6) is -1.05. The molecule has 76 valence electrons. The number of rotatable bonds is 2. The molecule has 1 unspecified atom stereocenters. The predicted molar refractivity (Wildman–Crippen MR) is 58.5 cm³/mol. The summed E-state index contributed by atoms with van der Waals surface area (Å²) in [7, 11) is 0. The molecule has 1 aromatic rings. The van der Waals surface area contributed by atoms with Gasteiger partial charge in [-0.2, -0.15) is 0 Å². The van der Waals surface area contributed by atoms with Crippen molar-refractivity contribution in [2.45, 2.75) is 13.0 Å². The van der Waals surface area contributed by atoms with Gasteiger partial charge in [0.05, 0.1) is 5.02 Å². The van der Waals surface area contributed by atoms with Gasteiger partial charge in [0.1, 0.15) is 6.04 Å². The van der Waals surface area contributed by atoms with Crippen molar-refractivity contribution in [2.75, 3.05) is 0 Å². The van der Waals surface area contributed by atoms with E-state index in [1.54, 1.807) is 19.1 Å². The van der Waals surface area contributed by atoms with Crippen molar-refractivity contribution in [3.8, 4) is 0 Å². The van der Waals surface area contributed by atoms with Crippen LogP contribution in [0.25, 0.3) is 0 Å². The number of benzene rings is 1. The first-order chi connectivity index (χ1) is 6.43. The standard InChI is InChI=1S/C9H9BrClNO2/c1-4-2-7(11)6(10)3-5(4)8(12)9(13)14/h2-3,8H,12H2,1H3,(H,13,14). The number of aliphatic carboxylic acids is 1. The van der Waals surface area contributed by atoms with Crippen molar-refractivity contribution in [1.29, 1.82) is 0 Å². The maximum absolute atomic E-state index is 10.7. The lowest BCUT2D eigenvalue weighted by molar-refractivity contribution is -0.138. The molecular weight excluding hydrogens is 269 g/mol. The monoisotopic (exact) mass is 277 g/mol. The fourth-order valence-corrected chi connectivity index (χ4v) is 1.71. The second kappa shape index (κ2) is 4.29. The third-order valence-electron chi connectivity index (χ3n) is 1.91. The number of hydrogen-bond donors (Lipinski definition) is 2. The molecule has 0 aliphatic rings. The van der Waals surface area contributed by atoms with E-state index in [0.29, 0.717) is 15.1 Å². The maximum Gasteiger partial charge on any atom is 0.325 e. The Bertz CT molecular complexity index is 381. The minimum absolute atomic E-state index is 0.545. The van der Waals surface area contributed by atoms with Gasteiger partial charge in [-0.1, -0.05) is 11.6 Å². The van der Waals surface area contributed by atoms with Gasteiger partial charge in [0, 0.05) is 4.47 Å². The smallest absolute Gasteiger partial charge is 0.325 e. The normalized spacial score (nSPS) is 12.6. The molecule has 0 saturated heterocycles. The Kier molecular flexibility index (Phi) is 3.53. The van der Waals surface area contributed by atoms with Crippen molar-refractivity contribution < 1.29 is 9.90 Å². The zero-order chi connectivity index (χ0) is 10.9. The lowest BCUT2D eigenvalue weighted by Crippen LogP contribution is -2.21. The highest BCUT2D eigenvalue weighted by Crippen LogP contribution is 2.28. The summed E-state index contributed by atoms with van der Waals surface area (Å²) in [6.07, 6.45) is 0. The zero-order valence-corrected chi connectivity index (χ0v) is 9.76. The van der Waals surface area contributed by atoms with E-state index in [1.165, 1.54) is 0 Å².